The number of aryl methyl sites for hydroxylation is 1. The molecule has 0 N–H and O–H groups in total. The van der Waals surface area contributed by atoms with E-state index < -0.39 is 10.0 Å². The van der Waals surface area contributed by atoms with Gasteiger partial charge in [0.15, 0.2) is 0 Å². The Morgan fingerprint density at radius 1 is 0.941 bits per heavy atom. The zero-order valence-electron chi connectivity index (χ0n) is 19.7. The van der Waals surface area contributed by atoms with E-state index in [0.29, 0.717) is 64.7 Å². The molecule has 8 nitrogen and oxygen atoms in total. The van der Waals surface area contributed by atoms with Crippen LogP contribution in [0.2, 0.25) is 0 Å². The molecule has 2 aromatic rings. The molecule has 9 heteroatoms. The average molecular weight is 488 g/mol. The minimum absolute atomic E-state index is 0.146. The molecule has 0 saturated carbocycles. The monoisotopic (exact) mass is 487 g/mol. The molecule has 0 spiro atoms. The van der Waals surface area contributed by atoms with Gasteiger partial charge in [0.25, 0.3) is 5.91 Å². The van der Waals surface area contributed by atoms with Crippen LogP contribution in [0.4, 0.5) is 5.69 Å². The third-order valence-corrected chi connectivity index (χ3v) is 8.20. The number of sulfonamides is 1. The molecule has 0 aliphatic carbocycles. The van der Waals surface area contributed by atoms with E-state index in [2.05, 4.69) is 17.0 Å². The molecule has 0 aromatic heterocycles. The first-order valence-corrected chi connectivity index (χ1v) is 13.2. The van der Waals surface area contributed by atoms with Crippen LogP contribution in [0, 0.1) is 0 Å². The first-order chi connectivity index (χ1) is 16.5. The normalized spacial score (nSPS) is 17.5. The maximum absolute atomic E-state index is 13.5. The first-order valence-electron chi connectivity index (χ1n) is 11.8. The van der Waals surface area contributed by atoms with Gasteiger partial charge in [0, 0.05) is 45.5 Å². The highest BCUT2D eigenvalue weighted by molar-refractivity contribution is 7.89. The minimum atomic E-state index is -3.70. The zero-order chi connectivity index (χ0) is 24.0. The van der Waals surface area contributed by atoms with E-state index in [0.717, 1.165) is 18.5 Å². The molecule has 34 heavy (non-hydrogen) atoms. The lowest BCUT2D eigenvalue weighted by molar-refractivity contribution is 0.0730. The average Bonchev–Trinajstić information content (AvgIpc) is 2.89. The number of benzene rings is 2. The minimum Gasteiger partial charge on any atom is -0.379 e. The zero-order valence-corrected chi connectivity index (χ0v) is 20.5. The third-order valence-electron chi connectivity index (χ3n) is 6.31. The van der Waals surface area contributed by atoms with Crippen LogP contribution in [0.15, 0.2) is 53.4 Å². The summed E-state index contributed by atoms with van der Waals surface area (Å²) in [7, 11) is -1.93. The molecule has 184 valence electrons. The Morgan fingerprint density at radius 3 is 2.26 bits per heavy atom. The summed E-state index contributed by atoms with van der Waals surface area (Å²) in [5.41, 5.74) is 2.40. The van der Waals surface area contributed by atoms with Gasteiger partial charge in [-0.15, -0.1) is 0 Å². The summed E-state index contributed by atoms with van der Waals surface area (Å²) < 4.78 is 38.7. The standard InChI is InChI=1S/C25H33N3O5S/c1-26(11-5-8-21-6-3-2-4-7-21)25(29)23-20-22(34(30,31)28-14-18-33-19-15-28)9-10-24(23)27-12-16-32-17-13-27/h2-4,6-7,9-10,20H,5,8,11-19H2,1H3. The Bertz CT molecular complexity index is 1070. The molecule has 2 saturated heterocycles. The molecular weight excluding hydrogens is 454 g/mol. The van der Waals surface area contributed by atoms with Gasteiger partial charge in [0.1, 0.15) is 0 Å². The van der Waals surface area contributed by atoms with Crippen LogP contribution < -0.4 is 4.90 Å². The van der Waals surface area contributed by atoms with Crippen molar-refractivity contribution in [3.63, 3.8) is 0 Å². The molecule has 4 rings (SSSR count). The second kappa shape index (κ2) is 11.3. The Kier molecular flexibility index (Phi) is 8.20. The van der Waals surface area contributed by atoms with Crippen molar-refractivity contribution in [3.8, 4) is 0 Å². The fraction of sp³-hybridized carbons (Fsp3) is 0.480. The Hall–Kier alpha value is -2.46. The largest absolute Gasteiger partial charge is 0.379 e. The molecule has 2 heterocycles. The van der Waals surface area contributed by atoms with E-state index in [4.69, 9.17) is 9.47 Å². The number of hydrogen-bond donors (Lipinski definition) is 0. The molecular formula is C25H33N3O5S. The Balaban J connectivity index is 1.56. The van der Waals surface area contributed by atoms with Crippen LogP contribution in [-0.2, 0) is 25.9 Å². The van der Waals surface area contributed by atoms with Gasteiger partial charge in [-0.25, -0.2) is 8.42 Å². The van der Waals surface area contributed by atoms with Crippen molar-refractivity contribution in [2.24, 2.45) is 0 Å². The van der Waals surface area contributed by atoms with E-state index in [1.165, 1.54) is 9.87 Å². The van der Waals surface area contributed by atoms with E-state index in [1.807, 2.05) is 18.2 Å². The Morgan fingerprint density at radius 2 is 1.59 bits per heavy atom. The van der Waals surface area contributed by atoms with Gasteiger partial charge >= 0.3 is 0 Å². The predicted octanol–water partition coefficient (Wildman–Crippen LogP) is 2.25. The molecule has 0 radical (unpaired) electrons. The molecule has 0 atom stereocenters. The highest BCUT2D eigenvalue weighted by Crippen LogP contribution is 2.28. The van der Waals surface area contributed by atoms with E-state index in [9.17, 15) is 13.2 Å². The first kappa shape index (κ1) is 24.7. The summed E-state index contributed by atoms with van der Waals surface area (Å²) >= 11 is 0. The van der Waals surface area contributed by atoms with Crippen LogP contribution in [0.3, 0.4) is 0 Å². The van der Waals surface area contributed by atoms with Crippen molar-refractivity contribution in [3.05, 3.63) is 59.7 Å². The number of ether oxygens (including phenoxy) is 2. The van der Waals surface area contributed by atoms with Crippen molar-refractivity contribution < 1.29 is 22.7 Å². The molecule has 2 fully saturated rings. The molecule has 2 aliphatic rings. The van der Waals surface area contributed by atoms with Crippen molar-refractivity contribution >= 4 is 21.6 Å². The van der Waals surface area contributed by atoms with Gasteiger partial charge in [0.2, 0.25) is 10.0 Å². The molecule has 1 amide bonds. The second-order valence-corrected chi connectivity index (χ2v) is 10.5. The molecule has 2 aromatic carbocycles. The van der Waals surface area contributed by atoms with Crippen molar-refractivity contribution in [2.45, 2.75) is 17.7 Å². The van der Waals surface area contributed by atoms with Crippen LogP contribution in [0.25, 0.3) is 0 Å². The maximum atomic E-state index is 13.5. The SMILES string of the molecule is CN(CCCc1ccccc1)C(=O)c1cc(S(=O)(=O)N2CCOCC2)ccc1N1CCOCC1. The fourth-order valence-electron chi connectivity index (χ4n) is 4.34. The lowest BCUT2D eigenvalue weighted by Gasteiger charge is -2.32. The van der Waals surface area contributed by atoms with Gasteiger partial charge < -0.3 is 19.3 Å². The summed E-state index contributed by atoms with van der Waals surface area (Å²) in [6, 6.07) is 15.1. The van der Waals surface area contributed by atoms with Gasteiger partial charge in [-0.2, -0.15) is 4.31 Å². The lowest BCUT2D eigenvalue weighted by atomic mass is 10.1. The maximum Gasteiger partial charge on any atom is 0.255 e. The predicted molar refractivity (Wildman–Crippen MR) is 131 cm³/mol. The van der Waals surface area contributed by atoms with Crippen molar-refractivity contribution in [2.75, 3.05) is 71.1 Å². The number of nitrogens with zero attached hydrogens (tertiary/aromatic N) is 3. The van der Waals surface area contributed by atoms with Gasteiger partial charge in [-0.05, 0) is 36.6 Å². The van der Waals surface area contributed by atoms with Crippen LogP contribution in [-0.4, -0.2) is 89.7 Å². The number of anilines is 1. The van der Waals surface area contributed by atoms with Crippen LogP contribution in [0.5, 0.6) is 0 Å². The number of amides is 1. The lowest BCUT2D eigenvalue weighted by Crippen LogP contribution is -2.41. The Labute approximate surface area is 202 Å². The highest BCUT2D eigenvalue weighted by atomic mass is 32.2. The number of morpholine rings is 2. The van der Waals surface area contributed by atoms with Gasteiger partial charge in [-0.3, -0.25) is 4.79 Å². The van der Waals surface area contributed by atoms with Crippen LogP contribution >= 0.6 is 0 Å². The summed E-state index contributed by atoms with van der Waals surface area (Å²) in [5, 5.41) is 0. The summed E-state index contributed by atoms with van der Waals surface area (Å²) in [6.07, 6.45) is 1.70. The summed E-state index contributed by atoms with van der Waals surface area (Å²) in [5.74, 6) is -0.173. The van der Waals surface area contributed by atoms with E-state index >= 15 is 0 Å². The summed E-state index contributed by atoms with van der Waals surface area (Å²) in [4.78, 5) is 17.5. The number of hydrogen-bond acceptors (Lipinski definition) is 6. The van der Waals surface area contributed by atoms with Crippen LogP contribution in [0.1, 0.15) is 22.3 Å². The quantitative estimate of drug-likeness (QED) is 0.568. The smallest absolute Gasteiger partial charge is 0.255 e. The second-order valence-electron chi connectivity index (χ2n) is 8.61. The van der Waals surface area contributed by atoms with Gasteiger partial charge in [-0.1, -0.05) is 30.3 Å². The third kappa shape index (κ3) is 5.78. The highest BCUT2D eigenvalue weighted by Gasteiger charge is 2.29. The van der Waals surface area contributed by atoms with Gasteiger partial charge in [0.05, 0.1) is 36.9 Å². The molecule has 2 aliphatic heterocycles. The molecule has 0 unspecified atom stereocenters. The molecule has 0 bridgehead atoms. The van der Waals surface area contributed by atoms with Crippen molar-refractivity contribution in [1.29, 1.82) is 0 Å². The summed E-state index contributed by atoms with van der Waals surface area (Å²) in [6.45, 7) is 4.44. The number of carbonyl (C=O) groups excluding carboxylic acids is 1. The van der Waals surface area contributed by atoms with E-state index in [1.54, 1.807) is 30.1 Å². The van der Waals surface area contributed by atoms with Crippen molar-refractivity contribution in [1.82, 2.24) is 9.21 Å². The topological polar surface area (TPSA) is 79.4 Å². The number of rotatable bonds is 8. The van der Waals surface area contributed by atoms with E-state index in [-0.39, 0.29) is 10.8 Å². The number of carbonyl (C=O) groups is 1. The fourth-order valence-corrected chi connectivity index (χ4v) is 5.77.